The summed E-state index contributed by atoms with van der Waals surface area (Å²) in [7, 11) is 4.86. The summed E-state index contributed by atoms with van der Waals surface area (Å²) in [6, 6.07) is 0. The number of hydrogen-bond donors (Lipinski definition) is 0. The smallest absolute Gasteiger partial charge is 0.134 e. The quantitative estimate of drug-likeness (QED) is 0.332. The maximum absolute atomic E-state index is 5.67. The van der Waals surface area contributed by atoms with Crippen molar-refractivity contribution in [2.75, 3.05) is 26.9 Å². The first-order valence-electron chi connectivity index (χ1n) is 5.35. The fourth-order valence-corrected chi connectivity index (χ4v) is 1.30. The van der Waals surface area contributed by atoms with Crippen LogP contribution in [0.1, 0.15) is 19.8 Å². The Bertz CT molecular complexity index is 164. The Morgan fingerprint density at radius 3 is 2.73 bits per heavy atom. The number of epoxide rings is 1. The molecule has 0 aliphatic carbocycles. The predicted octanol–water partition coefficient (Wildman–Crippen LogP) is 0.686. The lowest BCUT2D eigenvalue weighted by atomic mass is 10.2. The van der Waals surface area contributed by atoms with Crippen molar-refractivity contribution in [3.05, 3.63) is 0 Å². The van der Waals surface area contributed by atoms with Crippen molar-refractivity contribution in [2.45, 2.75) is 37.9 Å². The van der Waals surface area contributed by atoms with E-state index >= 15 is 0 Å². The number of methoxy groups -OCH3 is 1. The minimum atomic E-state index is -0.356. The average molecular weight is 231 g/mol. The molecular formula is C10H19O4Si. The molecule has 3 radical (unpaired) electrons. The molecule has 3 atom stereocenters. The highest BCUT2D eigenvalue weighted by atomic mass is 28.1. The van der Waals surface area contributed by atoms with E-state index in [-0.39, 0.29) is 12.0 Å². The van der Waals surface area contributed by atoms with Crippen LogP contribution in [0.5, 0.6) is 0 Å². The Morgan fingerprint density at radius 1 is 1.47 bits per heavy atom. The van der Waals surface area contributed by atoms with Gasteiger partial charge < -0.3 is 18.9 Å². The molecule has 1 aliphatic rings. The van der Waals surface area contributed by atoms with E-state index in [0.717, 1.165) is 19.4 Å². The average Bonchev–Trinajstić information content (AvgIpc) is 3.05. The van der Waals surface area contributed by atoms with Crippen molar-refractivity contribution in [3.63, 3.8) is 0 Å². The minimum absolute atomic E-state index is 0.133. The highest BCUT2D eigenvalue weighted by Gasteiger charge is 2.24. The molecule has 1 saturated heterocycles. The van der Waals surface area contributed by atoms with Gasteiger partial charge in [-0.3, -0.25) is 0 Å². The van der Waals surface area contributed by atoms with Crippen LogP contribution in [-0.4, -0.2) is 55.3 Å². The second-order valence-electron chi connectivity index (χ2n) is 3.60. The first-order valence-corrected chi connectivity index (χ1v) is 5.92. The largest absolute Gasteiger partial charge is 0.373 e. The summed E-state index contributed by atoms with van der Waals surface area (Å²) in [5.74, 6) is -0.356. The third kappa shape index (κ3) is 6.27. The van der Waals surface area contributed by atoms with Crippen LogP contribution in [-0.2, 0) is 18.9 Å². The van der Waals surface area contributed by atoms with Gasteiger partial charge in [-0.2, -0.15) is 0 Å². The molecule has 87 valence electrons. The fourth-order valence-electron chi connectivity index (χ4n) is 1.21. The summed E-state index contributed by atoms with van der Waals surface area (Å²) in [4.78, 5) is 0. The van der Waals surface area contributed by atoms with E-state index in [0.29, 0.717) is 19.3 Å². The Morgan fingerprint density at radius 2 is 2.20 bits per heavy atom. The molecule has 0 spiro atoms. The van der Waals surface area contributed by atoms with Crippen LogP contribution >= 0.6 is 0 Å². The molecule has 0 bridgehead atoms. The Hall–Kier alpha value is 0.0569. The van der Waals surface area contributed by atoms with E-state index in [9.17, 15) is 0 Å². The molecule has 3 unspecified atom stereocenters. The summed E-state index contributed by atoms with van der Waals surface area (Å²) >= 11 is 0. The van der Waals surface area contributed by atoms with Crippen LogP contribution in [0, 0.1) is 0 Å². The highest BCUT2D eigenvalue weighted by molar-refractivity contribution is 6.09. The van der Waals surface area contributed by atoms with Gasteiger partial charge in [0, 0.05) is 7.11 Å². The molecule has 0 amide bonds. The molecule has 0 saturated carbocycles. The summed E-state index contributed by atoms with van der Waals surface area (Å²) in [6.45, 7) is 4.18. The zero-order valence-electron chi connectivity index (χ0n) is 9.40. The van der Waals surface area contributed by atoms with Crippen LogP contribution in [0.3, 0.4) is 0 Å². The first-order chi connectivity index (χ1) is 7.26. The molecule has 0 N–H and O–H groups in total. The Labute approximate surface area is 94.6 Å². The van der Waals surface area contributed by atoms with Gasteiger partial charge in [0.1, 0.15) is 22.3 Å². The molecule has 4 nitrogen and oxygen atoms in total. The molecule has 1 heterocycles. The normalized spacial score (nSPS) is 23.8. The Balaban J connectivity index is 2.10. The van der Waals surface area contributed by atoms with Crippen LogP contribution in [0.2, 0.25) is 0 Å². The maximum Gasteiger partial charge on any atom is 0.134 e. The zero-order valence-corrected chi connectivity index (χ0v) is 10.4. The lowest BCUT2D eigenvalue weighted by Gasteiger charge is -2.19. The van der Waals surface area contributed by atoms with E-state index in [2.05, 4.69) is 17.2 Å². The second kappa shape index (κ2) is 7.35. The number of rotatable bonds is 9. The molecule has 0 aromatic carbocycles. The van der Waals surface area contributed by atoms with Crippen LogP contribution < -0.4 is 0 Å². The van der Waals surface area contributed by atoms with Gasteiger partial charge in [-0.15, -0.1) is 0 Å². The van der Waals surface area contributed by atoms with Crippen molar-refractivity contribution >= 4 is 10.2 Å². The number of ether oxygens (including phenoxy) is 4. The molecule has 0 aromatic rings. The zero-order chi connectivity index (χ0) is 11.1. The summed E-state index contributed by atoms with van der Waals surface area (Å²) < 4.78 is 21.1. The molecule has 1 fully saturated rings. The molecule has 1 rings (SSSR count). The van der Waals surface area contributed by atoms with Gasteiger partial charge in [0.05, 0.1) is 25.9 Å². The SMILES string of the molecule is CCCC(COC([Si])OC)OCC1CO1. The van der Waals surface area contributed by atoms with E-state index < -0.39 is 0 Å². The maximum atomic E-state index is 5.67. The topological polar surface area (TPSA) is 40.2 Å². The highest BCUT2D eigenvalue weighted by Crippen LogP contribution is 2.12. The van der Waals surface area contributed by atoms with Crippen LogP contribution in [0.25, 0.3) is 0 Å². The first kappa shape index (κ1) is 13.1. The van der Waals surface area contributed by atoms with Gasteiger partial charge in [0.25, 0.3) is 0 Å². The van der Waals surface area contributed by atoms with Gasteiger partial charge in [-0.1, -0.05) is 13.3 Å². The fraction of sp³-hybridized carbons (Fsp3) is 1.00. The third-order valence-electron chi connectivity index (χ3n) is 2.18. The van der Waals surface area contributed by atoms with Crippen molar-refractivity contribution in [1.82, 2.24) is 0 Å². The lowest BCUT2D eigenvalue weighted by molar-refractivity contribution is -0.107. The van der Waals surface area contributed by atoms with Crippen molar-refractivity contribution in [1.29, 1.82) is 0 Å². The van der Waals surface area contributed by atoms with Crippen molar-refractivity contribution in [2.24, 2.45) is 0 Å². The van der Waals surface area contributed by atoms with Crippen molar-refractivity contribution < 1.29 is 18.9 Å². The third-order valence-corrected chi connectivity index (χ3v) is 2.58. The summed E-state index contributed by atoms with van der Waals surface area (Å²) in [5.41, 5.74) is 0. The molecule has 0 aromatic heterocycles. The molecule has 15 heavy (non-hydrogen) atoms. The second-order valence-corrected chi connectivity index (χ2v) is 4.07. The lowest BCUT2D eigenvalue weighted by Crippen LogP contribution is -2.26. The van der Waals surface area contributed by atoms with Gasteiger partial charge in [0.2, 0.25) is 0 Å². The Kier molecular flexibility index (Phi) is 6.43. The standard InChI is InChI=1S/C10H19O4Si/c1-3-4-8(5-14-10(15)11-2)12-6-9-7-13-9/h8-10H,3-7H2,1-2H3. The van der Waals surface area contributed by atoms with Gasteiger partial charge >= 0.3 is 0 Å². The molecular weight excluding hydrogens is 212 g/mol. The van der Waals surface area contributed by atoms with Crippen LogP contribution in [0.4, 0.5) is 0 Å². The van der Waals surface area contributed by atoms with Crippen molar-refractivity contribution in [3.8, 4) is 0 Å². The van der Waals surface area contributed by atoms with Crippen LogP contribution in [0.15, 0.2) is 0 Å². The predicted molar refractivity (Wildman–Crippen MR) is 56.9 cm³/mol. The van der Waals surface area contributed by atoms with E-state index in [1.54, 1.807) is 7.11 Å². The van der Waals surface area contributed by atoms with Gasteiger partial charge in [0.15, 0.2) is 0 Å². The number of hydrogen-bond acceptors (Lipinski definition) is 4. The molecule has 1 aliphatic heterocycles. The summed E-state index contributed by atoms with van der Waals surface area (Å²) in [6.07, 6.45) is 2.52. The van der Waals surface area contributed by atoms with E-state index in [1.807, 2.05) is 0 Å². The van der Waals surface area contributed by atoms with E-state index in [4.69, 9.17) is 18.9 Å². The minimum Gasteiger partial charge on any atom is -0.373 e. The molecule has 5 heteroatoms. The van der Waals surface area contributed by atoms with Gasteiger partial charge in [-0.25, -0.2) is 0 Å². The summed E-state index contributed by atoms with van der Waals surface area (Å²) in [5, 5.41) is 0. The monoisotopic (exact) mass is 231 g/mol. The van der Waals surface area contributed by atoms with Gasteiger partial charge in [-0.05, 0) is 6.42 Å². The van der Waals surface area contributed by atoms with E-state index in [1.165, 1.54) is 0 Å².